The van der Waals surface area contributed by atoms with Crippen LogP contribution < -0.4 is 10.5 Å². The predicted octanol–water partition coefficient (Wildman–Crippen LogP) is -0.111. The highest BCUT2D eigenvalue weighted by Crippen LogP contribution is 2.26. The minimum Gasteiger partial charge on any atom is -0.481 e. The number of hydrogen-bond donors (Lipinski definition) is 1. The Morgan fingerprint density at radius 1 is 1.43 bits per heavy atom. The van der Waals surface area contributed by atoms with Gasteiger partial charge in [-0.1, -0.05) is 0 Å². The smallest absolute Gasteiger partial charge is 0.221 e. The van der Waals surface area contributed by atoms with E-state index in [9.17, 15) is 0 Å². The molecule has 0 saturated carbocycles. The molecule has 1 aliphatic rings. The molecule has 0 fully saturated rings. The summed E-state index contributed by atoms with van der Waals surface area (Å²) in [6.45, 7) is 2.05. The van der Waals surface area contributed by atoms with Gasteiger partial charge in [0.25, 0.3) is 0 Å². The Morgan fingerprint density at radius 2 is 2.21 bits per heavy atom. The zero-order chi connectivity index (χ0) is 10.1. The SMILES string of the molecule is COc1nc(CN)nc2c1CN(C)C2. The van der Waals surface area contributed by atoms with Gasteiger partial charge in [-0.2, -0.15) is 4.98 Å². The first kappa shape index (κ1) is 9.36. The van der Waals surface area contributed by atoms with Crippen LogP contribution in [0.3, 0.4) is 0 Å². The van der Waals surface area contributed by atoms with Crippen molar-refractivity contribution >= 4 is 0 Å². The van der Waals surface area contributed by atoms with Gasteiger partial charge in [-0.3, -0.25) is 4.90 Å². The van der Waals surface area contributed by atoms with E-state index in [0.29, 0.717) is 18.2 Å². The Kier molecular flexibility index (Phi) is 2.35. The van der Waals surface area contributed by atoms with E-state index in [-0.39, 0.29) is 0 Å². The molecule has 2 rings (SSSR count). The van der Waals surface area contributed by atoms with Gasteiger partial charge in [0.05, 0.1) is 24.9 Å². The number of ether oxygens (including phenoxy) is 1. The Hall–Kier alpha value is -1.20. The van der Waals surface area contributed by atoms with E-state index in [1.807, 2.05) is 7.05 Å². The maximum absolute atomic E-state index is 5.51. The van der Waals surface area contributed by atoms with Crippen LogP contribution >= 0.6 is 0 Å². The number of fused-ring (bicyclic) bond motifs is 1. The first-order chi connectivity index (χ1) is 6.74. The standard InChI is InChI=1S/C9H14N4O/c1-13-4-6-7(5-13)11-8(3-10)12-9(6)14-2/h3-5,10H2,1-2H3. The third-order valence-corrected chi connectivity index (χ3v) is 2.32. The fourth-order valence-electron chi connectivity index (χ4n) is 1.69. The van der Waals surface area contributed by atoms with Crippen LogP contribution in [0, 0.1) is 0 Å². The van der Waals surface area contributed by atoms with Crippen LogP contribution in [-0.2, 0) is 19.6 Å². The Morgan fingerprint density at radius 3 is 2.86 bits per heavy atom. The van der Waals surface area contributed by atoms with Gasteiger partial charge in [0, 0.05) is 13.1 Å². The molecule has 5 nitrogen and oxygen atoms in total. The Bertz CT molecular complexity index is 353. The van der Waals surface area contributed by atoms with Gasteiger partial charge in [0.1, 0.15) is 5.82 Å². The summed E-state index contributed by atoms with van der Waals surface area (Å²) in [5.74, 6) is 1.32. The van der Waals surface area contributed by atoms with Crippen LogP contribution in [0.4, 0.5) is 0 Å². The monoisotopic (exact) mass is 194 g/mol. The third kappa shape index (κ3) is 1.44. The normalized spacial score (nSPS) is 15.6. The summed E-state index contributed by atoms with van der Waals surface area (Å²) in [6.07, 6.45) is 0. The van der Waals surface area contributed by atoms with Crippen molar-refractivity contribution in [1.29, 1.82) is 0 Å². The lowest BCUT2D eigenvalue weighted by Crippen LogP contribution is -2.08. The lowest BCUT2D eigenvalue weighted by Gasteiger charge is -2.06. The first-order valence-electron chi connectivity index (χ1n) is 4.56. The molecule has 14 heavy (non-hydrogen) atoms. The number of hydrogen-bond acceptors (Lipinski definition) is 5. The molecule has 5 heteroatoms. The molecule has 1 aromatic heterocycles. The largest absolute Gasteiger partial charge is 0.481 e. The molecule has 76 valence electrons. The van der Waals surface area contributed by atoms with Gasteiger partial charge >= 0.3 is 0 Å². The number of nitrogens with two attached hydrogens (primary N) is 1. The second-order valence-corrected chi connectivity index (χ2v) is 3.45. The number of aromatic nitrogens is 2. The molecule has 0 aliphatic carbocycles. The van der Waals surface area contributed by atoms with Crippen molar-refractivity contribution in [2.24, 2.45) is 5.73 Å². The van der Waals surface area contributed by atoms with E-state index in [1.165, 1.54) is 0 Å². The van der Waals surface area contributed by atoms with E-state index >= 15 is 0 Å². The van der Waals surface area contributed by atoms with Crippen molar-refractivity contribution in [2.45, 2.75) is 19.6 Å². The van der Waals surface area contributed by atoms with Crippen LogP contribution in [0.25, 0.3) is 0 Å². The lowest BCUT2D eigenvalue weighted by molar-refractivity contribution is 0.342. The average Bonchev–Trinajstić information content (AvgIpc) is 2.56. The van der Waals surface area contributed by atoms with Gasteiger partial charge in [-0.05, 0) is 7.05 Å². The quantitative estimate of drug-likeness (QED) is 0.711. The van der Waals surface area contributed by atoms with Gasteiger partial charge in [-0.15, -0.1) is 0 Å². The van der Waals surface area contributed by atoms with Crippen LogP contribution in [0.2, 0.25) is 0 Å². The number of rotatable bonds is 2. The summed E-state index contributed by atoms with van der Waals surface area (Å²) in [5.41, 5.74) is 7.64. The molecule has 0 atom stereocenters. The molecular formula is C9H14N4O. The summed E-state index contributed by atoms with van der Waals surface area (Å²) < 4.78 is 5.21. The molecule has 1 aliphatic heterocycles. The number of nitrogens with zero attached hydrogens (tertiary/aromatic N) is 3. The second-order valence-electron chi connectivity index (χ2n) is 3.45. The summed E-state index contributed by atoms with van der Waals surface area (Å²) in [4.78, 5) is 10.8. The van der Waals surface area contributed by atoms with Gasteiger partial charge in [0.2, 0.25) is 5.88 Å². The van der Waals surface area contributed by atoms with Crippen LogP contribution in [0.5, 0.6) is 5.88 Å². The highest BCUT2D eigenvalue weighted by Gasteiger charge is 2.22. The van der Waals surface area contributed by atoms with Crippen LogP contribution in [-0.4, -0.2) is 29.0 Å². The molecule has 0 saturated heterocycles. The van der Waals surface area contributed by atoms with Crippen molar-refractivity contribution < 1.29 is 4.74 Å². The summed E-state index contributed by atoms with van der Waals surface area (Å²) in [7, 11) is 3.67. The third-order valence-electron chi connectivity index (χ3n) is 2.32. The minimum absolute atomic E-state index is 0.355. The molecule has 2 heterocycles. The molecule has 0 bridgehead atoms. The predicted molar refractivity (Wildman–Crippen MR) is 51.6 cm³/mol. The van der Waals surface area contributed by atoms with Crippen molar-refractivity contribution in [3.63, 3.8) is 0 Å². The van der Waals surface area contributed by atoms with E-state index in [4.69, 9.17) is 10.5 Å². The zero-order valence-electron chi connectivity index (χ0n) is 8.45. The maximum atomic E-state index is 5.51. The van der Waals surface area contributed by atoms with Gasteiger partial charge in [-0.25, -0.2) is 4.98 Å². The summed E-state index contributed by atoms with van der Waals surface area (Å²) >= 11 is 0. The molecule has 2 N–H and O–H groups in total. The zero-order valence-corrected chi connectivity index (χ0v) is 8.45. The summed E-state index contributed by atoms with van der Waals surface area (Å²) in [5, 5.41) is 0. The average molecular weight is 194 g/mol. The molecule has 0 aromatic carbocycles. The first-order valence-corrected chi connectivity index (χ1v) is 4.56. The Labute approximate surface area is 82.9 Å². The molecule has 0 amide bonds. The van der Waals surface area contributed by atoms with Gasteiger partial charge < -0.3 is 10.5 Å². The fourth-order valence-corrected chi connectivity index (χ4v) is 1.69. The van der Waals surface area contributed by atoms with Crippen molar-refractivity contribution in [3.05, 3.63) is 17.1 Å². The van der Waals surface area contributed by atoms with Crippen molar-refractivity contribution in [1.82, 2.24) is 14.9 Å². The summed E-state index contributed by atoms with van der Waals surface area (Å²) in [6, 6.07) is 0. The van der Waals surface area contributed by atoms with E-state index in [1.54, 1.807) is 7.11 Å². The van der Waals surface area contributed by atoms with Crippen LogP contribution in [0.1, 0.15) is 17.1 Å². The van der Waals surface area contributed by atoms with Crippen molar-refractivity contribution in [2.75, 3.05) is 14.2 Å². The molecular weight excluding hydrogens is 180 g/mol. The molecule has 0 spiro atoms. The maximum Gasteiger partial charge on any atom is 0.221 e. The van der Waals surface area contributed by atoms with E-state index in [0.717, 1.165) is 24.3 Å². The van der Waals surface area contributed by atoms with Crippen LogP contribution in [0.15, 0.2) is 0 Å². The van der Waals surface area contributed by atoms with E-state index < -0.39 is 0 Å². The van der Waals surface area contributed by atoms with Crippen molar-refractivity contribution in [3.8, 4) is 5.88 Å². The van der Waals surface area contributed by atoms with Gasteiger partial charge in [0.15, 0.2) is 0 Å². The highest BCUT2D eigenvalue weighted by molar-refractivity contribution is 5.33. The Balaban J connectivity index is 2.46. The highest BCUT2D eigenvalue weighted by atomic mass is 16.5. The second kappa shape index (κ2) is 3.51. The number of methoxy groups -OCH3 is 1. The molecule has 0 unspecified atom stereocenters. The molecule has 1 aromatic rings. The minimum atomic E-state index is 0.355. The lowest BCUT2D eigenvalue weighted by atomic mass is 10.2. The van der Waals surface area contributed by atoms with E-state index in [2.05, 4.69) is 14.9 Å². The fraction of sp³-hybridized carbons (Fsp3) is 0.556. The topological polar surface area (TPSA) is 64.3 Å². The molecule has 0 radical (unpaired) electrons.